The van der Waals surface area contributed by atoms with Crippen molar-refractivity contribution >= 4 is 10.0 Å². The molecule has 1 aromatic carbocycles. The number of nitrogens with one attached hydrogen (secondary N) is 1. The second kappa shape index (κ2) is 5.98. The van der Waals surface area contributed by atoms with Crippen molar-refractivity contribution in [3.8, 4) is 0 Å². The van der Waals surface area contributed by atoms with Crippen LogP contribution in [0.1, 0.15) is 12.8 Å². The molecule has 106 valence electrons. The Labute approximate surface area is 113 Å². The van der Waals surface area contributed by atoms with Crippen LogP contribution in [0.2, 0.25) is 0 Å². The van der Waals surface area contributed by atoms with Gasteiger partial charge in [0.1, 0.15) is 5.82 Å². The molecule has 0 radical (unpaired) electrons. The predicted molar refractivity (Wildman–Crippen MR) is 71.8 cm³/mol. The molecule has 0 unspecified atom stereocenters. The summed E-state index contributed by atoms with van der Waals surface area (Å²) in [6, 6.07) is 5.15. The topological polar surface area (TPSA) is 49.4 Å². The molecular formula is C13H19FN2O2S. The minimum absolute atomic E-state index is 0.0175. The van der Waals surface area contributed by atoms with E-state index in [1.165, 1.54) is 22.5 Å². The summed E-state index contributed by atoms with van der Waals surface area (Å²) in [5.74, 6) is -0.161. The molecule has 1 aliphatic heterocycles. The van der Waals surface area contributed by atoms with Crippen molar-refractivity contribution in [2.45, 2.75) is 17.7 Å². The van der Waals surface area contributed by atoms with Crippen molar-refractivity contribution in [2.75, 3.05) is 26.7 Å². The van der Waals surface area contributed by atoms with Crippen molar-refractivity contribution in [3.05, 3.63) is 30.1 Å². The van der Waals surface area contributed by atoms with Crippen molar-refractivity contribution in [2.24, 2.45) is 5.92 Å². The largest absolute Gasteiger partial charge is 0.317 e. The van der Waals surface area contributed by atoms with Crippen LogP contribution in [0, 0.1) is 11.7 Å². The van der Waals surface area contributed by atoms with E-state index in [1.54, 1.807) is 7.05 Å². The van der Waals surface area contributed by atoms with Crippen molar-refractivity contribution < 1.29 is 12.8 Å². The molecule has 1 heterocycles. The van der Waals surface area contributed by atoms with Gasteiger partial charge in [0, 0.05) is 13.6 Å². The molecular weight excluding hydrogens is 267 g/mol. The molecule has 19 heavy (non-hydrogen) atoms. The van der Waals surface area contributed by atoms with Gasteiger partial charge in [0.2, 0.25) is 10.0 Å². The fourth-order valence-electron chi connectivity index (χ4n) is 2.33. The molecule has 1 saturated heterocycles. The van der Waals surface area contributed by atoms with Crippen LogP contribution in [-0.4, -0.2) is 39.4 Å². The first-order chi connectivity index (χ1) is 9.00. The van der Waals surface area contributed by atoms with E-state index in [4.69, 9.17) is 0 Å². The maximum Gasteiger partial charge on any atom is 0.242 e. The summed E-state index contributed by atoms with van der Waals surface area (Å²) >= 11 is 0. The molecule has 0 bridgehead atoms. The Hall–Kier alpha value is -0.980. The minimum atomic E-state index is -3.59. The van der Waals surface area contributed by atoms with Gasteiger partial charge in [-0.05, 0) is 50.0 Å². The molecule has 1 aromatic rings. The number of sulfonamides is 1. The third-order valence-electron chi connectivity index (χ3n) is 3.48. The second-order valence-corrected chi connectivity index (χ2v) is 6.98. The van der Waals surface area contributed by atoms with Crippen LogP contribution < -0.4 is 5.32 Å². The molecule has 1 aliphatic rings. The fraction of sp³-hybridized carbons (Fsp3) is 0.538. The summed E-state index contributed by atoms with van der Waals surface area (Å²) < 4.78 is 39.1. The highest BCUT2D eigenvalue weighted by atomic mass is 32.2. The Bertz CT molecular complexity index is 527. The molecule has 2 rings (SSSR count). The van der Waals surface area contributed by atoms with Gasteiger partial charge in [0.25, 0.3) is 0 Å². The molecule has 0 aromatic heterocycles. The Kier molecular flexibility index (Phi) is 4.54. The first-order valence-corrected chi connectivity index (χ1v) is 7.87. The monoisotopic (exact) mass is 286 g/mol. The summed E-state index contributed by atoms with van der Waals surface area (Å²) in [4.78, 5) is 0.0175. The summed E-state index contributed by atoms with van der Waals surface area (Å²) in [7, 11) is -2.03. The highest BCUT2D eigenvalue weighted by Crippen LogP contribution is 2.19. The predicted octanol–water partition coefficient (Wildman–Crippen LogP) is 1.45. The Morgan fingerprint density at radius 3 is 2.68 bits per heavy atom. The van der Waals surface area contributed by atoms with Gasteiger partial charge < -0.3 is 5.32 Å². The quantitative estimate of drug-likeness (QED) is 0.911. The van der Waals surface area contributed by atoms with Crippen molar-refractivity contribution in [3.63, 3.8) is 0 Å². The first kappa shape index (κ1) is 14.4. The lowest BCUT2D eigenvalue weighted by atomic mass is 9.98. The van der Waals surface area contributed by atoms with Crippen molar-refractivity contribution in [1.29, 1.82) is 0 Å². The Balaban J connectivity index is 2.10. The molecule has 0 spiro atoms. The first-order valence-electron chi connectivity index (χ1n) is 6.43. The Morgan fingerprint density at radius 2 is 2.05 bits per heavy atom. The third kappa shape index (κ3) is 3.52. The molecule has 1 fully saturated rings. The number of halogens is 1. The zero-order chi connectivity index (χ0) is 13.9. The van der Waals surface area contributed by atoms with E-state index >= 15 is 0 Å². The maximum absolute atomic E-state index is 13.1. The van der Waals surface area contributed by atoms with E-state index in [0.717, 1.165) is 32.0 Å². The average Bonchev–Trinajstić information content (AvgIpc) is 2.40. The molecule has 0 amide bonds. The minimum Gasteiger partial charge on any atom is -0.317 e. The van der Waals surface area contributed by atoms with Gasteiger partial charge in [-0.1, -0.05) is 6.07 Å². The van der Waals surface area contributed by atoms with E-state index in [2.05, 4.69) is 5.32 Å². The third-order valence-corrected chi connectivity index (χ3v) is 5.30. The van der Waals surface area contributed by atoms with Crippen molar-refractivity contribution in [1.82, 2.24) is 9.62 Å². The van der Waals surface area contributed by atoms with E-state index in [1.807, 2.05) is 0 Å². The SMILES string of the molecule is CN(CC1CCNCC1)S(=O)(=O)c1cccc(F)c1. The molecule has 0 atom stereocenters. The van der Waals surface area contributed by atoms with Crippen LogP contribution in [0.15, 0.2) is 29.2 Å². The van der Waals surface area contributed by atoms with Gasteiger partial charge in [-0.25, -0.2) is 17.1 Å². The van der Waals surface area contributed by atoms with E-state index in [-0.39, 0.29) is 4.90 Å². The lowest BCUT2D eigenvalue weighted by Crippen LogP contribution is -2.37. The molecule has 6 heteroatoms. The molecule has 1 N–H and O–H groups in total. The number of benzene rings is 1. The zero-order valence-electron chi connectivity index (χ0n) is 11.0. The zero-order valence-corrected chi connectivity index (χ0v) is 11.8. The molecule has 0 saturated carbocycles. The van der Waals surface area contributed by atoms with Gasteiger partial charge >= 0.3 is 0 Å². The van der Waals surface area contributed by atoms with E-state index < -0.39 is 15.8 Å². The fourth-order valence-corrected chi connectivity index (χ4v) is 3.61. The van der Waals surface area contributed by atoms with Gasteiger partial charge in [-0.2, -0.15) is 0 Å². The summed E-state index contributed by atoms with van der Waals surface area (Å²) in [6.45, 7) is 2.34. The normalized spacial score (nSPS) is 17.8. The Morgan fingerprint density at radius 1 is 1.37 bits per heavy atom. The van der Waals surface area contributed by atoms with Crippen LogP contribution >= 0.6 is 0 Å². The summed E-state index contributed by atoms with van der Waals surface area (Å²) in [6.07, 6.45) is 1.95. The molecule has 4 nitrogen and oxygen atoms in total. The highest BCUT2D eigenvalue weighted by Gasteiger charge is 2.24. The standard InChI is InChI=1S/C13H19FN2O2S/c1-16(10-11-5-7-15-8-6-11)19(17,18)13-4-2-3-12(14)9-13/h2-4,9,11,15H,5-8,10H2,1H3. The highest BCUT2D eigenvalue weighted by molar-refractivity contribution is 7.89. The van der Waals surface area contributed by atoms with Crippen LogP contribution in [0.3, 0.4) is 0 Å². The van der Waals surface area contributed by atoms with Crippen LogP contribution in [0.25, 0.3) is 0 Å². The van der Waals surface area contributed by atoms with Crippen LogP contribution in [-0.2, 0) is 10.0 Å². The number of nitrogens with zero attached hydrogens (tertiary/aromatic N) is 1. The van der Waals surface area contributed by atoms with E-state index in [0.29, 0.717) is 12.5 Å². The van der Waals surface area contributed by atoms with Crippen LogP contribution in [0.4, 0.5) is 4.39 Å². The molecule has 0 aliphatic carbocycles. The van der Waals surface area contributed by atoms with Gasteiger partial charge in [-0.15, -0.1) is 0 Å². The number of hydrogen-bond acceptors (Lipinski definition) is 3. The smallest absolute Gasteiger partial charge is 0.242 e. The average molecular weight is 286 g/mol. The van der Waals surface area contributed by atoms with Gasteiger partial charge in [-0.3, -0.25) is 0 Å². The number of piperidine rings is 1. The lowest BCUT2D eigenvalue weighted by Gasteiger charge is -2.27. The lowest BCUT2D eigenvalue weighted by molar-refractivity contribution is 0.311. The van der Waals surface area contributed by atoms with Gasteiger partial charge in [0.15, 0.2) is 0 Å². The number of rotatable bonds is 4. The summed E-state index contributed by atoms with van der Waals surface area (Å²) in [5.41, 5.74) is 0. The summed E-state index contributed by atoms with van der Waals surface area (Å²) in [5, 5.41) is 3.25. The maximum atomic E-state index is 13.1. The van der Waals surface area contributed by atoms with E-state index in [9.17, 15) is 12.8 Å². The van der Waals surface area contributed by atoms with Gasteiger partial charge in [0.05, 0.1) is 4.90 Å². The second-order valence-electron chi connectivity index (χ2n) is 4.94. The van der Waals surface area contributed by atoms with Crippen LogP contribution in [0.5, 0.6) is 0 Å². The number of hydrogen-bond donors (Lipinski definition) is 1.